The molecule has 0 spiro atoms. The lowest BCUT2D eigenvalue weighted by Gasteiger charge is -2.29. The summed E-state index contributed by atoms with van der Waals surface area (Å²) in [6.07, 6.45) is 4.48. The molecule has 22 heavy (non-hydrogen) atoms. The molecular formula is C16H23N3O3. The number of anilines is 1. The van der Waals surface area contributed by atoms with Gasteiger partial charge in [0.25, 0.3) is 0 Å². The topological polar surface area (TPSA) is 93.4 Å². The molecule has 1 aromatic rings. The van der Waals surface area contributed by atoms with E-state index in [1.54, 1.807) is 12.1 Å². The largest absolute Gasteiger partial charge is 0.495 e. The number of amides is 3. The average Bonchev–Trinajstić information content (AvgIpc) is 2.49. The van der Waals surface area contributed by atoms with Crippen LogP contribution in [0, 0.1) is 5.92 Å². The molecule has 0 heterocycles. The Morgan fingerprint density at radius 1 is 1.27 bits per heavy atom. The van der Waals surface area contributed by atoms with Crippen LogP contribution in [0.1, 0.15) is 43.0 Å². The van der Waals surface area contributed by atoms with Gasteiger partial charge in [-0.15, -0.1) is 0 Å². The zero-order chi connectivity index (χ0) is 16.1. The number of ether oxygens (including phenoxy) is 1. The van der Waals surface area contributed by atoms with E-state index in [1.807, 2.05) is 0 Å². The molecule has 1 aromatic carbocycles. The Kier molecular flexibility index (Phi) is 5.25. The number of carbonyl (C=O) groups is 2. The van der Waals surface area contributed by atoms with E-state index >= 15 is 0 Å². The van der Waals surface area contributed by atoms with Crippen molar-refractivity contribution >= 4 is 17.6 Å². The lowest BCUT2D eigenvalue weighted by atomic mass is 9.86. The Bertz CT molecular complexity index is 560. The van der Waals surface area contributed by atoms with E-state index in [9.17, 15) is 9.59 Å². The molecule has 3 amide bonds. The standard InChI is InChI=1S/C16H23N3O3/c1-10-5-3-4-6-12(10)18-16(21)19-13-9-11(15(17)20)7-8-14(13)22-2/h7-10,12H,3-6H2,1-2H3,(H2,17,20)(H2,18,19,21). The molecule has 4 N–H and O–H groups in total. The number of nitrogens with one attached hydrogen (secondary N) is 2. The van der Waals surface area contributed by atoms with E-state index in [0.717, 1.165) is 19.3 Å². The highest BCUT2D eigenvalue weighted by molar-refractivity contribution is 5.97. The fraction of sp³-hybridized carbons (Fsp3) is 0.500. The number of rotatable bonds is 4. The number of benzene rings is 1. The summed E-state index contributed by atoms with van der Waals surface area (Å²) in [7, 11) is 1.51. The number of nitrogens with two attached hydrogens (primary N) is 1. The molecule has 0 radical (unpaired) electrons. The van der Waals surface area contributed by atoms with Crippen LogP contribution in [0.4, 0.5) is 10.5 Å². The van der Waals surface area contributed by atoms with Gasteiger partial charge in [0.05, 0.1) is 12.8 Å². The van der Waals surface area contributed by atoms with Crippen LogP contribution in [0.25, 0.3) is 0 Å². The second-order valence-corrected chi connectivity index (χ2v) is 5.75. The molecule has 0 aromatic heterocycles. The molecule has 1 aliphatic rings. The highest BCUT2D eigenvalue weighted by Crippen LogP contribution is 2.26. The van der Waals surface area contributed by atoms with Crippen molar-refractivity contribution in [1.29, 1.82) is 0 Å². The van der Waals surface area contributed by atoms with E-state index < -0.39 is 5.91 Å². The summed E-state index contributed by atoms with van der Waals surface area (Å²) < 4.78 is 5.20. The Balaban J connectivity index is 2.06. The van der Waals surface area contributed by atoms with Gasteiger partial charge in [-0.3, -0.25) is 4.79 Å². The van der Waals surface area contributed by atoms with Crippen LogP contribution in [0.3, 0.4) is 0 Å². The van der Waals surface area contributed by atoms with Gasteiger partial charge in [0.15, 0.2) is 0 Å². The van der Waals surface area contributed by atoms with E-state index in [1.165, 1.54) is 19.6 Å². The first-order valence-electron chi connectivity index (χ1n) is 7.56. The smallest absolute Gasteiger partial charge is 0.319 e. The minimum Gasteiger partial charge on any atom is -0.495 e. The molecule has 1 fully saturated rings. The Morgan fingerprint density at radius 2 is 2.00 bits per heavy atom. The molecule has 6 heteroatoms. The van der Waals surface area contributed by atoms with Gasteiger partial charge in [-0.1, -0.05) is 19.8 Å². The third kappa shape index (κ3) is 3.90. The number of hydrogen-bond donors (Lipinski definition) is 3. The summed E-state index contributed by atoms with van der Waals surface area (Å²) in [6.45, 7) is 2.15. The van der Waals surface area contributed by atoms with Crippen LogP contribution in [0.5, 0.6) is 5.75 Å². The average molecular weight is 305 g/mol. The predicted molar refractivity (Wildman–Crippen MR) is 85.1 cm³/mol. The second kappa shape index (κ2) is 7.15. The first kappa shape index (κ1) is 16.1. The predicted octanol–water partition coefficient (Wildman–Crippen LogP) is 2.49. The first-order valence-corrected chi connectivity index (χ1v) is 7.56. The fourth-order valence-electron chi connectivity index (χ4n) is 2.82. The van der Waals surface area contributed by atoms with Gasteiger partial charge in [-0.25, -0.2) is 4.79 Å². The Labute approximate surface area is 130 Å². The number of urea groups is 1. The maximum atomic E-state index is 12.2. The lowest BCUT2D eigenvalue weighted by molar-refractivity contribution is 0.1000. The first-order chi connectivity index (χ1) is 10.5. The maximum Gasteiger partial charge on any atom is 0.319 e. The van der Waals surface area contributed by atoms with Crippen LogP contribution in [0.2, 0.25) is 0 Å². The van der Waals surface area contributed by atoms with E-state index in [4.69, 9.17) is 10.5 Å². The Morgan fingerprint density at radius 3 is 2.64 bits per heavy atom. The van der Waals surface area contributed by atoms with E-state index in [2.05, 4.69) is 17.6 Å². The molecule has 2 rings (SSSR count). The van der Waals surface area contributed by atoms with Crippen molar-refractivity contribution in [3.05, 3.63) is 23.8 Å². The van der Waals surface area contributed by atoms with Gasteiger partial charge in [0.2, 0.25) is 5.91 Å². The van der Waals surface area contributed by atoms with Crippen molar-refractivity contribution in [2.75, 3.05) is 12.4 Å². The summed E-state index contributed by atoms with van der Waals surface area (Å²) in [4.78, 5) is 23.4. The minimum atomic E-state index is -0.549. The summed E-state index contributed by atoms with van der Waals surface area (Å²) in [5, 5.41) is 5.74. The van der Waals surface area contributed by atoms with Gasteiger partial charge in [0, 0.05) is 11.6 Å². The quantitative estimate of drug-likeness (QED) is 0.797. The zero-order valence-electron chi connectivity index (χ0n) is 13.0. The normalized spacial score (nSPS) is 21.0. The molecule has 0 aliphatic heterocycles. The maximum absolute atomic E-state index is 12.2. The van der Waals surface area contributed by atoms with Crippen molar-refractivity contribution in [3.63, 3.8) is 0 Å². The molecule has 2 unspecified atom stereocenters. The Hall–Kier alpha value is -2.24. The molecule has 2 atom stereocenters. The summed E-state index contributed by atoms with van der Waals surface area (Å²) >= 11 is 0. The third-order valence-corrected chi connectivity index (χ3v) is 4.16. The molecular weight excluding hydrogens is 282 g/mol. The second-order valence-electron chi connectivity index (χ2n) is 5.75. The lowest BCUT2D eigenvalue weighted by Crippen LogP contribution is -2.43. The molecule has 1 aliphatic carbocycles. The van der Waals surface area contributed by atoms with Crippen LogP contribution >= 0.6 is 0 Å². The van der Waals surface area contributed by atoms with Crippen molar-refractivity contribution in [1.82, 2.24) is 5.32 Å². The van der Waals surface area contributed by atoms with Gasteiger partial charge in [-0.05, 0) is 37.0 Å². The number of hydrogen-bond acceptors (Lipinski definition) is 3. The molecule has 0 saturated heterocycles. The SMILES string of the molecule is COc1ccc(C(N)=O)cc1NC(=O)NC1CCCCC1C. The minimum absolute atomic E-state index is 0.180. The van der Waals surface area contributed by atoms with Crippen molar-refractivity contribution in [2.45, 2.75) is 38.6 Å². The zero-order valence-corrected chi connectivity index (χ0v) is 13.0. The van der Waals surface area contributed by atoms with Crippen LogP contribution in [-0.4, -0.2) is 25.1 Å². The fourth-order valence-corrected chi connectivity index (χ4v) is 2.82. The monoisotopic (exact) mass is 305 g/mol. The van der Waals surface area contributed by atoms with Gasteiger partial charge < -0.3 is 21.1 Å². The van der Waals surface area contributed by atoms with Crippen LogP contribution < -0.4 is 21.1 Å². The molecule has 0 bridgehead atoms. The highest BCUT2D eigenvalue weighted by atomic mass is 16.5. The number of primary amides is 1. The number of methoxy groups -OCH3 is 1. The van der Waals surface area contributed by atoms with Gasteiger partial charge in [-0.2, -0.15) is 0 Å². The molecule has 1 saturated carbocycles. The van der Waals surface area contributed by atoms with Crippen LogP contribution in [-0.2, 0) is 0 Å². The summed E-state index contributed by atoms with van der Waals surface area (Å²) in [6, 6.07) is 4.58. The van der Waals surface area contributed by atoms with E-state index in [0.29, 0.717) is 22.9 Å². The summed E-state index contributed by atoms with van der Waals surface area (Å²) in [5.41, 5.74) is 6.02. The van der Waals surface area contributed by atoms with E-state index in [-0.39, 0.29) is 12.1 Å². The third-order valence-electron chi connectivity index (χ3n) is 4.16. The van der Waals surface area contributed by atoms with Crippen molar-refractivity contribution in [2.24, 2.45) is 11.7 Å². The highest BCUT2D eigenvalue weighted by Gasteiger charge is 2.23. The summed E-state index contributed by atoms with van der Waals surface area (Å²) in [5.74, 6) is 0.405. The number of carbonyl (C=O) groups excluding carboxylic acids is 2. The molecule has 120 valence electrons. The van der Waals surface area contributed by atoms with Gasteiger partial charge >= 0.3 is 6.03 Å². The van der Waals surface area contributed by atoms with Crippen molar-refractivity contribution < 1.29 is 14.3 Å². The molecule has 6 nitrogen and oxygen atoms in total. The van der Waals surface area contributed by atoms with Gasteiger partial charge in [0.1, 0.15) is 5.75 Å². The van der Waals surface area contributed by atoms with Crippen molar-refractivity contribution in [3.8, 4) is 5.75 Å². The van der Waals surface area contributed by atoms with Crippen LogP contribution in [0.15, 0.2) is 18.2 Å².